The quantitative estimate of drug-likeness (QED) is 0.483. The van der Waals surface area contributed by atoms with Crippen molar-refractivity contribution >= 4 is 10.0 Å². The van der Waals surface area contributed by atoms with Gasteiger partial charge in [0.15, 0.2) is 5.03 Å². The van der Waals surface area contributed by atoms with Crippen molar-refractivity contribution in [2.45, 2.75) is 102 Å². The lowest BCUT2D eigenvalue weighted by Gasteiger charge is -2.62. The number of aromatic nitrogens is 1. The molecule has 0 spiro atoms. The van der Waals surface area contributed by atoms with Gasteiger partial charge >= 0.3 is 0 Å². The molecule has 4 aliphatic carbocycles. The Labute approximate surface area is 224 Å². The molecule has 9 atom stereocenters. The average molecular weight is 533 g/mol. The van der Waals surface area contributed by atoms with Crippen LogP contribution in [0, 0.1) is 40.4 Å². The van der Waals surface area contributed by atoms with E-state index in [-0.39, 0.29) is 16.4 Å². The first-order valence-electron chi connectivity index (χ1n) is 14.7. The second-order valence-corrected chi connectivity index (χ2v) is 15.1. The number of nitrogens with one attached hydrogen (secondary N) is 1. The molecule has 4 fully saturated rings. The normalized spacial score (nSPS) is 42.5. The van der Waals surface area contributed by atoms with Gasteiger partial charge in [-0.15, -0.1) is 0 Å². The van der Waals surface area contributed by atoms with Gasteiger partial charge in [-0.1, -0.05) is 26.8 Å². The lowest BCUT2D eigenvalue weighted by molar-refractivity contribution is -0.165. The van der Waals surface area contributed by atoms with Crippen LogP contribution in [0.15, 0.2) is 23.4 Å². The molecule has 1 heterocycles. The fourth-order valence-corrected chi connectivity index (χ4v) is 10.9. The van der Waals surface area contributed by atoms with E-state index in [2.05, 4.69) is 30.5 Å². The van der Waals surface area contributed by atoms with Crippen LogP contribution in [0.5, 0.6) is 0 Å². The lowest BCUT2D eigenvalue weighted by Crippen LogP contribution is -2.56. The summed E-state index contributed by atoms with van der Waals surface area (Å²) in [5, 5.41) is 11.5. The number of aliphatic hydroxyl groups is 1. The SMILES string of the molecule is CCOC[C@@]1(O)CC[C@@]2(C)[C@H](CC[C@H]3[C@@H]4CC[C@@H]([C@@H](C)c5cccnc5S(=O)(=O)NC)[C@@]4(C)CC[C@@H]32)C1. The summed E-state index contributed by atoms with van der Waals surface area (Å²) in [6, 6.07) is 3.85. The summed E-state index contributed by atoms with van der Waals surface area (Å²) in [4.78, 5) is 4.31. The van der Waals surface area contributed by atoms with Crippen molar-refractivity contribution in [2.75, 3.05) is 20.3 Å². The second-order valence-electron chi connectivity index (χ2n) is 13.3. The molecular formula is C30H48N2O4S. The minimum Gasteiger partial charge on any atom is -0.387 e. The van der Waals surface area contributed by atoms with Crippen molar-refractivity contribution < 1.29 is 18.3 Å². The highest BCUT2D eigenvalue weighted by atomic mass is 32.2. The predicted octanol–water partition coefficient (Wildman–Crippen LogP) is 5.52. The summed E-state index contributed by atoms with van der Waals surface area (Å²) >= 11 is 0. The van der Waals surface area contributed by atoms with Crippen LogP contribution in [0.3, 0.4) is 0 Å². The molecule has 1 aromatic rings. The first kappa shape index (κ1) is 27.5. The third-order valence-electron chi connectivity index (χ3n) is 11.9. The molecule has 6 nitrogen and oxygen atoms in total. The van der Waals surface area contributed by atoms with E-state index in [9.17, 15) is 13.5 Å². The van der Waals surface area contributed by atoms with Crippen molar-refractivity contribution in [3.63, 3.8) is 0 Å². The Morgan fingerprint density at radius 2 is 1.86 bits per heavy atom. The van der Waals surface area contributed by atoms with Gasteiger partial charge in [0.25, 0.3) is 10.0 Å². The maximum atomic E-state index is 12.8. The number of ether oxygens (including phenoxy) is 1. The van der Waals surface area contributed by atoms with Gasteiger partial charge < -0.3 is 9.84 Å². The average Bonchev–Trinajstić information content (AvgIpc) is 3.25. The van der Waals surface area contributed by atoms with E-state index in [0.29, 0.717) is 36.4 Å². The molecule has 0 bridgehead atoms. The number of fused-ring (bicyclic) bond motifs is 5. The van der Waals surface area contributed by atoms with Gasteiger partial charge in [-0.25, -0.2) is 18.1 Å². The minimum absolute atomic E-state index is 0.147. The molecule has 208 valence electrons. The van der Waals surface area contributed by atoms with Gasteiger partial charge in [-0.2, -0.15) is 0 Å². The smallest absolute Gasteiger partial charge is 0.258 e. The molecule has 1 aromatic heterocycles. The van der Waals surface area contributed by atoms with Gasteiger partial charge in [0.05, 0.1) is 12.2 Å². The van der Waals surface area contributed by atoms with E-state index >= 15 is 0 Å². The van der Waals surface area contributed by atoms with Crippen LogP contribution in [0.25, 0.3) is 0 Å². The fourth-order valence-electron chi connectivity index (χ4n) is 9.90. The van der Waals surface area contributed by atoms with E-state index in [4.69, 9.17) is 4.74 Å². The molecule has 4 saturated carbocycles. The second kappa shape index (κ2) is 9.87. The Bertz CT molecular complexity index is 1090. The van der Waals surface area contributed by atoms with Crippen LogP contribution in [-0.4, -0.2) is 44.4 Å². The zero-order valence-electron chi connectivity index (χ0n) is 23.5. The van der Waals surface area contributed by atoms with Crippen LogP contribution in [0.2, 0.25) is 0 Å². The summed E-state index contributed by atoms with van der Waals surface area (Å²) in [6.07, 6.45) is 11.8. The first-order chi connectivity index (χ1) is 17.5. The van der Waals surface area contributed by atoms with Crippen LogP contribution >= 0.6 is 0 Å². The molecule has 0 radical (unpaired) electrons. The molecule has 0 saturated heterocycles. The van der Waals surface area contributed by atoms with Crippen molar-refractivity contribution in [1.29, 1.82) is 0 Å². The summed E-state index contributed by atoms with van der Waals surface area (Å²) in [7, 11) is -2.13. The summed E-state index contributed by atoms with van der Waals surface area (Å²) in [5.74, 6) is 3.35. The Kier molecular flexibility index (Phi) is 7.34. The van der Waals surface area contributed by atoms with Gasteiger partial charge in [0.1, 0.15) is 0 Å². The number of nitrogens with zero attached hydrogens (tertiary/aromatic N) is 1. The standard InChI is InChI=1S/C30H48N2O4S/c1-6-36-19-30(33)16-15-28(3)21(18-30)9-10-23-25-12-11-24(29(25,4)14-13-26(23)28)20(2)22-8-7-17-32-27(22)37(34,35)31-5/h7-8,17,20-21,23-26,31,33H,6,9-16,18-19H2,1-5H3/t20-,21+,23-,24-,25-,26-,28-,29+,30+/m0/s1. The third-order valence-corrected chi connectivity index (χ3v) is 13.3. The van der Waals surface area contributed by atoms with Crippen molar-refractivity contribution in [1.82, 2.24) is 9.71 Å². The van der Waals surface area contributed by atoms with Crippen LogP contribution in [0.1, 0.15) is 97.0 Å². The topological polar surface area (TPSA) is 88.5 Å². The molecule has 2 N–H and O–H groups in total. The van der Waals surface area contributed by atoms with E-state index in [1.807, 2.05) is 19.1 Å². The molecule has 4 aliphatic rings. The molecule has 5 rings (SSSR count). The maximum Gasteiger partial charge on any atom is 0.258 e. The fraction of sp³-hybridized carbons (Fsp3) is 0.833. The monoisotopic (exact) mass is 532 g/mol. The van der Waals surface area contributed by atoms with Crippen LogP contribution in [-0.2, 0) is 14.8 Å². The summed E-state index contributed by atoms with van der Waals surface area (Å²) < 4.78 is 33.7. The van der Waals surface area contributed by atoms with Crippen molar-refractivity contribution in [3.8, 4) is 0 Å². The van der Waals surface area contributed by atoms with E-state index < -0.39 is 15.6 Å². The zero-order valence-corrected chi connectivity index (χ0v) is 24.3. The molecule has 7 heteroatoms. The van der Waals surface area contributed by atoms with Crippen molar-refractivity contribution in [3.05, 3.63) is 23.9 Å². The predicted molar refractivity (Wildman–Crippen MR) is 146 cm³/mol. The lowest BCUT2D eigenvalue weighted by atomic mass is 9.43. The van der Waals surface area contributed by atoms with Gasteiger partial charge in [-0.05, 0) is 130 Å². The zero-order chi connectivity index (χ0) is 26.6. The van der Waals surface area contributed by atoms with E-state index in [1.54, 1.807) is 6.20 Å². The molecule has 0 aliphatic heterocycles. The van der Waals surface area contributed by atoms with E-state index in [1.165, 1.54) is 39.2 Å². The van der Waals surface area contributed by atoms with E-state index in [0.717, 1.165) is 43.1 Å². The molecule has 37 heavy (non-hydrogen) atoms. The Balaban J connectivity index is 1.37. The number of pyridine rings is 1. The molecule has 0 amide bonds. The van der Waals surface area contributed by atoms with Gasteiger partial charge in [0.2, 0.25) is 0 Å². The highest BCUT2D eigenvalue weighted by Gasteiger charge is 2.61. The summed E-state index contributed by atoms with van der Waals surface area (Å²) in [6.45, 7) is 10.4. The van der Waals surface area contributed by atoms with Gasteiger partial charge in [-0.3, -0.25) is 0 Å². The van der Waals surface area contributed by atoms with Crippen LogP contribution in [0.4, 0.5) is 0 Å². The highest BCUT2D eigenvalue weighted by molar-refractivity contribution is 7.89. The Morgan fingerprint density at radius 3 is 2.59 bits per heavy atom. The Hall–Kier alpha value is -1.02. The maximum absolute atomic E-state index is 12.8. The third kappa shape index (κ3) is 4.50. The highest BCUT2D eigenvalue weighted by Crippen LogP contribution is 2.69. The van der Waals surface area contributed by atoms with Crippen LogP contribution < -0.4 is 4.72 Å². The number of sulfonamides is 1. The Morgan fingerprint density at radius 1 is 1.11 bits per heavy atom. The number of hydrogen-bond acceptors (Lipinski definition) is 5. The molecule has 0 unspecified atom stereocenters. The first-order valence-corrected chi connectivity index (χ1v) is 16.2. The van der Waals surface area contributed by atoms with Crippen molar-refractivity contribution in [2.24, 2.45) is 40.4 Å². The minimum atomic E-state index is -3.60. The molecular weight excluding hydrogens is 484 g/mol. The summed E-state index contributed by atoms with van der Waals surface area (Å²) in [5.41, 5.74) is 0.746. The molecule has 0 aromatic carbocycles. The number of hydrogen-bond donors (Lipinski definition) is 2. The van der Waals surface area contributed by atoms with Gasteiger partial charge in [0, 0.05) is 12.8 Å². The largest absolute Gasteiger partial charge is 0.387 e. The number of rotatable bonds is 7.